The summed E-state index contributed by atoms with van der Waals surface area (Å²) in [6.07, 6.45) is 5.60. The van der Waals surface area contributed by atoms with Crippen LogP contribution < -0.4 is 5.32 Å². The van der Waals surface area contributed by atoms with Gasteiger partial charge in [0.1, 0.15) is 12.1 Å². The molecule has 1 saturated heterocycles. The van der Waals surface area contributed by atoms with Gasteiger partial charge in [0.15, 0.2) is 0 Å². The zero-order chi connectivity index (χ0) is 14.3. The summed E-state index contributed by atoms with van der Waals surface area (Å²) in [6.45, 7) is 4.20. The fourth-order valence-electron chi connectivity index (χ4n) is 2.71. The van der Waals surface area contributed by atoms with Crippen molar-refractivity contribution in [2.75, 3.05) is 0 Å². The maximum Gasteiger partial charge on any atom is 0.246 e. The lowest BCUT2D eigenvalue weighted by atomic mass is 10.0. The Labute approximate surface area is 118 Å². The minimum absolute atomic E-state index is 0.0427. The van der Waals surface area contributed by atoms with Crippen molar-refractivity contribution in [2.24, 2.45) is 5.92 Å². The molecule has 2 amide bonds. The van der Waals surface area contributed by atoms with Crippen molar-refractivity contribution in [2.45, 2.75) is 45.3 Å². The van der Waals surface area contributed by atoms with Crippen molar-refractivity contribution >= 4 is 11.8 Å². The highest BCUT2D eigenvalue weighted by molar-refractivity contribution is 5.97. The third-order valence-corrected chi connectivity index (χ3v) is 4.07. The number of rotatable bonds is 3. The van der Waals surface area contributed by atoms with E-state index >= 15 is 0 Å². The molecule has 106 valence electrons. The van der Waals surface area contributed by atoms with Crippen LogP contribution in [0.5, 0.6) is 0 Å². The highest BCUT2D eigenvalue weighted by Gasteiger charge is 2.45. The van der Waals surface area contributed by atoms with Crippen LogP contribution in [0.1, 0.15) is 30.9 Å². The lowest BCUT2D eigenvalue weighted by Gasteiger charge is -2.37. The van der Waals surface area contributed by atoms with Crippen molar-refractivity contribution in [3.8, 4) is 0 Å². The van der Waals surface area contributed by atoms with E-state index in [0.717, 1.165) is 24.0 Å². The minimum Gasteiger partial charge on any atom is -0.342 e. The number of aromatic nitrogens is 1. The van der Waals surface area contributed by atoms with E-state index in [0.29, 0.717) is 12.5 Å². The van der Waals surface area contributed by atoms with Gasteiger partial charge in [-0.3, -0.25) is 14.6 Å². The molecule has 0 radical (unpaired) electrons. The Morgan fingerprint density at radius 2 is 2.10 bits per heavy atom. The summed E-state index contributed by atoms with van der Waals surface area (Å²) < 4.78 is 0. The predicted octanol–water partition coefficient (Wildman–Crippen LogP) is 1.02. The maximum absolute atomic E-state index is 12.5. The van der Waals surface area contributed by atoms with E-state index in [9.17, 15) is 9.59 Å². The summed E-state index contributed by atoms with van der Waals surface area (Å²) in [6, 6.07) is 1.26. The Morgan fingerprint density at radius 1 is 1.35 bits per heavy atom. The zero-order valence-corrected chi connectivity index (χ0v) is 11.8. The molecule has 0 aromatic carbocycles. The summed E-state index contributed by atoms with van der Waals surface area (Å²) in [5.41, 5.74) is 2.03. The molecular weight excluding hydrogens is 254 g/mol. The molecule has 1 aliphatic heterocycles. The Kier molecular flexibility index (Phi) is 3.20. The van der Waals surface area contributed by atoms with Gasteiger partial charge in [-0.15, -0.1) is 0 Å². The molecule has 1 aromatic rings. The highest BCUT2D eigenvalue weighted by atomic mass is 16.2. The normalized spacial score (nSPS) is 26.6. The number of nitrogens with one attached hydrogen (secondary N) is 1. The summed E-state index contributed by atoms with van der Waals surface area (Å²) in [5, 5.41) is 2.86. The number of carbonyl (C=O) groups is 2. The highest BCUT2D eigenvalue weighted by Crippen LogP contribution is 2.35. The van der Waals surface area contributed by atoms with E-state index in [4.69, 9.17) is 0 Å². The first kappa shape index (κ1) is 13.1. The van der Waals surface area contributed by atoms with Gasteiger partial charge in [-0.05, 0) is 43.7 Å². The van der Waals surface area contributed by atoms with Crippen LogP contribution in [-0.4, -0.2) is 33.8 Å². The molecule has 2 heterocycles. The maximum atomic E-state index is 12.5. The molecule has 1 aromatic heterocycles. The van der Waals surface area contributed by atoms with Crippen molar-refractivity contribution in [3.05, 3.63) is 29.6 Å². The van der Waals surface area contributed by atoms with Gasteiger partial charge in [0.2, 0.25) is 11.8 Å². The second kappa shape index (κ2) is 4.89. The molecule has 2 atom stereocenters. The second-order valence-electron chi connectivity index (χ2n) is 5.84. The average Bonchev–Trinajstić information content (AvgIpc) is 3.23. The predicted molar refractivity (Wildman–Crippen MR) is 73.6 cm³/mol. The Bertz CT molecular complexity index is 554. The molecule has 1 N–H and O–H groups in total. The Hall–Kier alpha value is -1.91. The van der Waals surface area contributed by atoms with Crippen LogP contribution in [0.4, 0.5) is 0 Å². The Morgan fingerprint density at radius 3 is 2.75 bits per heavy atom. The molecule has 1 saturated carbocycles. The lowest BCUT2D eigenvalue weighted by molar-refractivity contribution is -0.149. The van der Waals surface area contributed by atoms with Crippen LogP contribution in [0.3, 0.4) is 0 Å². The Balaban J connectivity index is 1.81. The van der Waals surface area contributed by atoms with Gasteiger partial charge in [0.05, 0.1) is 0 Å². The smallest absolute Gasteiger partial charge is 0.246 e. The van der Waals surface area contributed by atoms with Gasteiger partial charge in [0, 0.05) is 18.9 Å². The lowest BCUT2D eigenvalue weighted by Crippen LogP contribution is -2.62. The summed E-state index contributed by atoms with van der Waals surface area (Å²) in [4.78, 5) is 30.4. The quantitative estimate of drug-likeness (QED) is 0.894. The number of nitrogens with zero attached hydrogens (tertiary/aromatic N) is 2. The first-order chi connectivity index (χ1) is 9.56. The van der Waals surface area contributed by atoms with Crippen LogP contribution in [0.15, 0.2) is 18.5 Å². The first-order valence-electron chi connectivity index (χ1n) is 7.07. The average molecular weight is 273 g/mol. The molecule has 5 heteroatoms. The zero-order valence-electron chi connectivity index (χ0n) is 11.8. The second-order valence-corrected chi connectivity index (χ2v) is 5.84. The molecule has 2 unspecified atom stereocenters. The molecule has 5 nitrogen and oxygen atoms in total. The van der Waals surface area contributed by atoms with Gasteiger partial charge in [0.25, 0.3) is 0 Å². The number of piperazine rings is 1. The first-order valence-corrected chi connectivity index (χ1v) is 7.07. The monoisotopic (exact) mass is 273 g/mol. The molecule has 1 aliphatic carbocycles. The fourth-order valence-corrected chi connectivity index (χ4v) is 2.71. The standard InChI is InChI=1S/C15H19N3O2/c1-9-5-11(7-16-6-9)8-18-10(2)14(19)17-13(15(18)20)12-3-4-12/h5-7,10,12-13H,3-4,8H2,1-2H3,(H,17,19). The SMILES string of the molecule is Cc1cncc(CN2C(=O)C(C3CC3)NC(=O)C2C)c1. The molecular formula is C15H19N3O2. The van der Waals surface area contributed by atoms with Crippen LogP contribution in [0, 0.1) is 12.8 Å². The molecule has 20 heavy (non-hydrogen) atoms. The molecule has 2 fully saturated rings. The minimum atomic E-state index is -0.419. The van der Waals surface area contributed by atoms with Crippen molar-refractivity contribution < 1.29 is 9.59 Å². The summed E-state index contributed by atoms with van der Waals surface area (Å²) in [5.74, 6) is 0.320. The summed E-state index contributed by atoms with van der Waals surface area (Å²) >= 11 is 0. The van der Waals surface area contributed by atoms with E-state index in [1.807, 2.05) is 13.0 Å². The van der Waals surface area contributed by atoms with E-state index in [1.165, 1.54) is 0 Å². The van der Waals surface area contributed by atoms with E-state index < -0.39 is 6.04 Å². The van der Waals surface area contributed by atoms with Gasteiger partial charge < -0.3 is 10.2 Å². The van der Waals surface area contributed by atoms with Gasteiger partial charge >= 0.3 is 0 Å². The van der Waals surface area contributed by atoms with Crippen molar-refractivity contribution in [1.29, 1.82) is 0 Å². The topological polar surface area (TPSA) is 62.3 Å². The number of amides is 2. The summed E-state index contributed by atoms with van der Waals surface area (Å²) in [7, 11) is 0. The number of pyridine rings is 1. The number of hydrogen-bond acceptors (Lipinski definition) is 3. The van der Waals surface area contributed by atoms with E-state index in [-0.39, 0.29) is 17.9 Å². The van der Waals surface area contributed by atoms with E-state index in [1.54, 1.807) is 24.2 Å². The van der Waals surface area contributed by atoms with Gasteiger partial charge in [-0.25, -0.2) is 0 Å². The van der Waals surface area contributed by atoms with Crippen LogP contribution in [0.25, 0.3) is 0 Å². The van der Waals surface area contributed by atoms with Gasteiger partial charge in [-0.2, -0.15) is 0 Å². The molecule has 3 rings (SSSR count). The van der Waals surface area contributed by atoms with Crippen LogP contribution in [-0.2, 0) is 16.1 Å². The van der Waals surface area contributed by atoms with Gasteiger partial charge in [-0.1, -0.05) is 6.07 Å². The van der Waals surface area contributed by atoms with Crippen molar-refractivity contribution in [1.82, 2.24) is 15.2 Å². The third kappa shape index (κ3) is 2.40. The van der Waals surface area contributed by atoms with Crippen LogP contribution in [0.2, 0.25) is 0 Å². The fraction of sp³-hybridized carbons (Fsp3) is 0.533. The number of carbonyl (C=O) groups excluding carboxylic acids is 2. The largest absolute Gasteiger partial charge is 0.342 e. The molecule has 0 spiro atoms. The number of aryl methyl sites for hydroxylation is 1. The van der Waals surface area contributed by atoms with Crippen molar-refractivity contribution in [3.63, 3.8) is 0 Å². The number of hydrogen-bond donors (Lipinski definition) is 1. The molecule has 0 bridgehead atoms. The molecule has 2 aliphatic rings. The van der Waals surface area contributed by atoms with Crippen LogP contribution >= 0.6 is 0 Å². The third-order valence-electron chi connectivity index (χ3n) is 4.07. The van der Waals surface area contributed by atoms with E-state index in [2.05, 4.69) is 10.3 Å².